The number of nitrogens with one attached hydrogen (secondary N) is 1. The molecule has 1 aliphatic carbocycles. The van der Waals surface area contributed by atoms with Gasteiger partial charge < -0.3 is 14.8 Å². The van der Waals surface area contributed by atoms with Gasteiger partial charge in [0.05, 0.1) is 13.7 Å². The second-order valence-corrected chi connectivity index (χ2v) is 7.98. The molecule has 0 saturated carbocycles. The lowest BCUT2D eigenvalue weighted by Crippen LogP contribution is -2.35. The fourth-order valence-corrected chi connectivity index (χ4v) is 4.06. The topological polar surface area (TPSA) is 47.6 Å². The number of methoxy groups -OCH3 is 1. The fourth-order valence-electron chi connectivity index (χ4n) is 3.87. The van der Waals surface area contributed by atoms with Gasteiger partial charge in [0, 0.05) is 23.0 Å². The van der Waals surface area contributed by atoms with E-state index in [1.165, 1.54) is 30.4 Å². The van der Waals surface area contributed by atoms with E-state index in [9.17, 15) is 9.18 Å². The molecule has 4 nitrogen and oxygen atoms in total. The molecule has 0 aromatic heterocycles. The number of fused-ring (bicyclic) bond motifs is 1. The number of carbonyl (C=O) groups excluding carboxylic acids is 1. The molecule has 0 atom stereocenters. The molecular formula is C25H23ClFNO3. The van der Waals surface area contributed by atoms with Crippen LogP contribution < -0.4 is 14.8 Å². The first kappa shape index (κ1) is 21.2. The number of hydrogen-bond acceptors (Lipinski definition) is 3. The van der Waals surface area contributed by atoms with Crippen LogP contribution in [0.5, 0.6) is 11.5 Å². The zero-order chi connectivity index (χ0) is 21.8. The Morgan fingerprint density at radius 2 is 1.81 bits per heavy atom. The summed E-state index contributed by atoms with van der Waals surface area (Å²) in [4.78, 5) is 12.8. The van der Waals surface area contributed by atoms with Crippen molar-refractivity contribution in [2.24, 2.45) is 0 Å². The third kappa shape index (κ3) is 5.00. The summed E-state index contributed by atoms with van der Waals surface area (Å²) in [6, 6.07) is 17.8. The van der Waals surface area contributed by atoms with Gasteiger partial charge in [0.1, 0.15) is 5.82 Å². The van der Waals surface area contributed by atoms with E-state index in [2.05, 4.69) is 17.4 Å². The average molecular weight is 440 g/mol. The minimum atomic E-state index is -0.328. The minimum Gasteiger partial charge on any atom is -0.493 e. The fraction of sp³-hybridized carbons (Fsp3) is 0.240. The normalized spacial score (nSPS) is 13.0. The molecule has 31 heavy (non-hydrogen) atoms. The van der Waals surface area contributed by atoms with Crippen LogP contribution in [0.2, 0.25) is 5.02 Å². The summed E-state index contributed by atoms with van der Waals surface area (Å²) in [7, 11) is 1.54. The molecule has 0 spiro atoms. The van der Waals surface area contributed by atoms with Gasteiger partial charge in [0.25, 0.3) is 5.91 Å². The van der Waals surface area contributed by atoms with Crippen molar-refractivity contribution in [1.29, 1.82) is 0 Å². The Bertz CT molecular complexity index is 1080. The quantitative estimate of drug-likeness (QED) is 0.563. The molecular weight excluding hydrogens is 417 g/mol. The summed E-state index contributed by atoms with van der Waals surface area (Å²) >= 11 is 5.94. The van der Waals surface area contributed by atoms with Gasteiger partial charge in [-0.05, 0) is 65.9 Å². The van der Waals surface area contributed by atoms with Crippen molar-refractivity contribution in [3.63, 3.8) is 0 Å². The van der Waals surface area contributed by atoms with Crippen LogP contribution >= 0.6 is 11.6 Å². The van der Waals surface area contributed by atoms with Crippen LogP contribution in [-0.4, -0.2) is 25.7 Å². The number of halogens is 2. The molecule has 0 heterocycles. The van der Waals surface area contributed by atoms with Crippen molar-refractivity contribution in [2.75, 3.05) is 13.7 Å². The zero-order valence-electron chi connectivity index (χ0n) is 17.2. The third-order valence-corrected chi connectivity index (χ3v) is 5.68. The molecule has 3 aromatic rings. The van der Waals surface area contributed by atoms with Crippen LogP contribution in [0.25, 0.3) is 0 Å². The smallest absolute Gasteiger partial charge is 0.251 e. The zero-order valence-corrected chi connectivity index (χ0v) is 17.9. The lowest BCUT2D eigenvalue weighted by atomic mass is 10.1. The number of carbonyl (C=O) groups is 1. The van der Waals surface area contributed by atoms with E-state index < -0.39 is 0 Å². The van der Waals surface area contributed by atoms with Crippen molar-refractivity contribution >= 4 is 17.5 Å². The molecule has 0 bridgehead atoms. The van der Waals surface area contributed by atoms with Crippen LogP contribution in [0.15, 0.2) is 60.7 Å². The van der Waals surface area contributed by atoms with Gasteiger partial charge in [0.2, 0.25) is 0 Å². The molecule has 160 valence electrons. The van der Waals surface area contributed by atoms with Gasteiger partial charge in [-0.1, -0.05) is 35.9 Å². The predicted molar refractivity (Wildman–Crippen MR) is 119 cm³/mol. The predicted octanol–water partition coefficient (Wildman–Crippen LogP) is 5.01. The molecule has 6 heteroatoms. The molecule has 0 radical (unpaired) electrons. The van der Waals surface area contributed by atoms with E-state index in [1.54, 1.807) is 24.3 Å². The van der Waals surface area contributed by atoms with Gasteiger partial charge in [-0.2, -0.15) is 0 Å². The maximum atomic E-state index is 13.9. The molecule has 0 aliphatic heterocycles. The van der Waals surface area contributed by atoms with Gasteiger partial charge in [0.15, 0.2) is 11.5 Å². The summed E-state index contributed by atoms with van der Waals surface area (Å²) in [6.07, 6.45) is 1.99. The summed E-state index contributed by atoms with van der Waals surface area (Å²) in [5.41, 5.74) is 3.52. The summed E-state index contributed by atoms with van der Waals surface area (Å²) in [5, 5.41) is 3.58. The molecule has 1 aliphatic rings. The molecule has 4 rings (SSSR count). The SMILES string of the molecule is COc1ccc(C(=O)NC2Cc3ccccc3C2)cc1OCCc1cc(Cl)ccc1F. The maximum absolute atomic E-state index is 13.9. The van der Waals surface area contributed by atoms with Crippen molar-refractivity contribution in [3.8, 4) is 11.5 Å². The molecule has 0 unspecified atom stereocenters. The number of hydrogen-bond donors (Lipinski definition) is 1. The van der Waals surface area contributed by atoms with Crippen LogP contribution in [0.1, 0.15) is 27.0 Å². The Kier molecular flexibility index (Phi) is 6.42. The van der Waals surface area contributed by atoms with Gasteiger partial charge in [-0.15, -0.1) is 0 Å². The number of benzene rings is 3. The lowest BCUT2D eigenvalue weighted by molar-refractivity contribution is 0.0938. The summed E-state index contributed by atoms with van der Waals surface area (Å²) in [5.74, 6) is 0.459. The largest absolute Gasteiger partial charge is 0.493 e. The summed E-state index contributed by atoms with van der Waals surface area (Å²) < 4.78 is 25.1. The van der Waals surface area contributed by atoms with E-state index >= 15 is 0 Å². The Balaban J connectivity index is 1.41. The van der Waals surface area contributed by atoms with E-state index in [1.807, 2.05) is 12.1 Å². The van der Waals surface area contributed by atoms with Gasteiger partial charge in [-0.3, -0.25) is 4.79 Å². The average Bonchev–Trinajstić information content (AvgIpc) is 3.18. The third-order valence-electron chi connectivity index (χ3n) is 5.45. The van der Waals surface area contributed by atoms with Crippen LogP contribution in [0.4, 0.5) is 4.39 Å². The van der Waals surface area contributed by atoms with E-state index in [4.69, 9.17) is 21.1 Å². The molecule has 0 saturated heterocycles. The monoisotopic (exact) mass is 439 g/mol. The van der Waals surface area contributed by atoms with Gasteiger partial charge >= 0.3 is 0 Å². The molecule has 3 aromatic carbocycles. The van der Waals surface area contributed by atoms with E-state index in [0.29, 0.717) is 34.1 Å². The first-order valence-corrected chi connectivity index (χ1v) is 10.5. The Morgan fingerprint density at radius 1 is 1.06 bits per heavy atom. The Hall–Kier alpha value is -3.05. The maximum Gasteiger partial charge on any atom is 0.251 e. The first-order valence-electron chi connectivity index (χ1n) is 10.2. The van der Waals surface area contributed by atoms with Crippen LogP contribution in [-0.2, 0) is 19.3 Å². The minimum absolute atomic E-state index is 0.0715. The van der Waals surface area contributed by atoms with Crippen molar-refractivity contribution < 1.29 is 18.7 Å². The van der Waals surface area contributed by atoms with E-state index in [0.717, 1.165) is 12.8 Å². The lowest BCUT2D eigenvalue weighted by Gasteiger charge is -2.15. The first-order chi connectivity index (χ1) is 15.0. The number of ether oxygens (including phenoxy) is 2. The highest BCUT2D eigenvalue weighted by Crippen LogP contribution is 2.29. The Labute approximate surface area is 186 Å². The molecule has 0 fully saturated rings. The van der Waals surface area contributed by atoms with Gasteiger partial charge in [-0.25, -0.2) is 4.39 Å². The second-order valence-electron chi connectivity index (χ2n) is 7.55. The van der Waals surface area contributed by atoms with Crippen LogP contribution in [0, 0.1) is 5.82 Å². The van der Waals surface area contributed by atoms with E-state index in [-0.39, 0.29) is 24.4 Å². The Morgan fingerprint density at radius 3 is 2.52 bits per heavy atom. The highest BCUT2D eigenvalue weighted by molar-refractivity contribution is 6.30. The summed E-state index contributed by atoms with van der Waals surface area (Å²) in [6.45, 7) is 0.219. The second kappa shape index (κ2) is 9.40. The number of amides is 1. The van der Waals surface area contributed by atoms with Crippen LogP contribution in [0.3, 0.4) is 0 Å². The highest BCUT2D eigenvalue weighted by Gasteiger charge is 2.23. The molecule has 1 amide bonds. The number of rotatable bonds is 7. The van der Waals surface area contributed by atoms with Crippen molar-refractivity contribution in [2.45, 2.75) is 25.3 Å². The highest BCUT2D eigenvalue weighted by atomic mass is 35.5. The van der Waals surface area contributed by atoms with Crippen molar-refractivity contribution in [3.05, 3.63) is 93.8 Å². The standard InChI is InChI=1S/C25H23ClFNO3/c1-30-23-9-6-19(25(29)28-21-13-16-4-2-3-5-17(16)14-21)15-24(23)31-11-10-18-12-20(26)7-8-22(18)27/h2-9,12,15,21H,10-11,13-14H2,1H3,(H,28,29). The molecule has 1 N–H and O–H groups in total. The van der Waals surface area contributed by atoms with Crippen molar-refractivity contribution in [1.82, 2.24) is 5.32 Å².